The number of hydrogen-bond donors (Lipinski definition) is 1. The molecule has 108 valence electrons. The smallest absolute Gasteiger partial charge is 0.356 e. The molecule has 0 saturated carbocycles. The van der Waals surface area contributed by atoms with E-state index >= 15 is 0 Å². The molecule has 0 aromatic heterocycles. The van der Waals surface area contributed by atoms with E-state index in [1.54, 1.807) is 0 Å². The first kappa shape index (κ1) is 36.0. The summed E-state index contributed by atoms with van der Waals surface area (Å²) in [5.74, 6) is 0. The predicted octanol–water partition coefficient (Wildman–Crippen LogP) is -2.83. The van der Waals surface area contributed by atoms with Crippen molar-refractivity contribution in [3.63, 3.8) is 0 Å². The van der Waals surface area contributed by atoms with Gasteiger partial charge in [-0.1, -0.05) is 0 Å². The molecule has 19 heavy (non-hydrogen) atoms. The monoisotopic (exact) mass is 395 g/mol. The molecule has 2 N–H and O–H groups in total. The maximum atomic E-state index is 8.25. The van der Waals surface area contributed by atoms with Gasteiger partial charge in [0, 0.05) is 4.91 Å². The summed E-state index contributed by atoms with van der Waals surface area (Å²) in [5.41, 5.74) is 3.25. The fraction of sp³-hybridized carbons (Fsp3) is 0. The average molecular weight is 395 g/mol. The summed E-state index contributed by atoms with van der Waals surface area (Å²) in [5, 5.41) is 59.0. The van der Waals surface area contributed by atoms with Crippen molar-refractivity contribution in [1.82, 2.24) is 0 Å². The average Bonchev–Trinajstić information content (AvgIpc) is 2.01. The van der Waals surface area contributed by atoms with Gasteiger partial charge >= 0.3 is 25.8 Å². The Bertz CT molecular complexity index is 173. The van der Waals surface area contributed by atoms with Crippen molar-refractivity contribution in [2.45, 2.75) is 0 Å². The van der Waals surface area contributed by atoms with Gasteiger partial charge in [-0.15, -0.1) is 0 Å². The zero-order chi connectivity index (χ0) is 16.3. The Kier molecular flexibility index (Phi) is 68.5. The van der Waals surface area contributed by atoms with Crippen LogP contribution in [0.5, 0.6) is 0 Å². The molecule has 0 rings (SSSR count). The first-order valence-corrected chi connectivity index (χ1v) is 2.43. The molecular formula is H2InN5O13. The van der Waals surface area contributed by atoms with Crippen molar-refractivity contribution in [2.75, 3.05) is 0 Å². The summed E-state index contributed by atoms with van der Waals surface area (Å²) in [6, 6.07) is 0. The van der Waals surface area contributed by atoms with Crippen LogP contribution in [0.4, 0.5) is 0 Å². The molecule has 0 aliphatic rings. The third-order valence-corrected chi connectivity index (χ3v) is 0. The van der Waals surface area contributed by atoms with Crippen molar-refractivity contribution in [3.05, 3.63) is 66.2 Å². The zero-order valence-corrected chi connectivity index (χ0v) is 11.5. The van der Waals surface area contributed by atoms with Crippen LogP contribution in [-0.4, -0.2) is 46.2 Å². The van der Waals surface area contributed by atoms with E-state index < -0.39 is 20.3 Å². The van der Waals surface area contributed by atoms with E-state index in [2.05, 4.69) is 5.59 Å². The first-order chi connectivity index (χ1) is 7.93. The Morgan fingerprint density at radius 1 is 0.474 bits per heavy atom. The Morgan fingerprint density at radius 2 is 0.474 bits per heavy atom. The van der Waals surface area contributed by atoms with E-state index in [-0.39, 0.29) is 25.8 Å². The van der Waals surface area contributed by atoms with Crippen LogP contribution in [0.25, 0.3) is 0 Å². The molecule has 0 aliphatic carbocycles. The molecule has 0 saturated heterocycles. The number of hydrogen-bond acceptors (Lipinski definition) is 13. The molecule has 0 heterocycles. The Morgan fingerprint density at radius 3 is 0.474 bits per heavy atom. The second-order valence-electron chi connectivity index (χ2n) is 0.894. The van der Waals surface area contributed by atoms with Gasteiger partial charge in [0.05, 0.1) is 20.3 Å². The van der Waals surface area contributed by atoms with Gasteiger partial charge in [-0.2, -0.15) is 0 Å². The van der Waals surface area contributed by atoms with Crippen LogP contribution < -0.4 is 5.59 Å². The molecule has 0 fully saturated rings. The van der Waals surface area contributed by atoms with E-state index in [9.17, 15) is 0 Å². The fourth-order valence-corrected chi connectivity index (χ4v) is 0. The summed E-state index contributed by atoms with van der Waals surface area (Å²) in [4.78, 5) is 40.8. The molecule has 0 bridgehead atoms. The molecule has 19 heteroatoms. The van der Waals surface area contributed by atoms with Gasteiger partial charge in [-0.05, 0) is 5.59 Å². The molecule has 0 aromatic rings. The summed E-state index contributed by atoms with van der Waals surface area (Å²) in [7, 11) is 0. The SMILES string of the molecule is O=[N+]([O-])[O-].O=[N+]([O-])[O-].O=[N+]([O-])[O-].O=[N+]([O-])[O-].[In+3].[NH2+]=O. The number of nitrogens with zero attached hydrogens (tertiary/aromatic N) is 4. The van der Waals surface area contributed by atoms with E-state index in [1.165, 1.54) is 0 Å². The standard InChI is InChI=1S/In.4NO3.H2NO/c;4*2-1(3)4;1-2/h;;;;;1H2/q+3;4*-1;+1. The van der Waals surface area contributed by atoms with Crippen LogP contribution in [0.3, 0.4) is 0 Å². The maximum Gasteiger partial charge on any atom is 3.00 e. The van der Waals surface area contributed by atoms with Gasteiger partial charge in [-0.25, -0.2) is 0 Å². The Balaban J connectivity index is -0.0000000279. The Labute approximate surface area is 118 Å². The summed E-state index contributed by atoms with van der Waals surface area (Å²) >= 11 is 0. The maximum absolute atomic E-state index is 8.25. The first-order valence-electron chi connectivity index (χ1n) is 2.43. The topological polar surface area (TPSA) is 307 Å². The normalized spacial score (nSPS) is 5.26. The van der Waals surface area contributed by atoms with E-state index in [0.717, 1.165) is 0 Å². The van der Waals surface area contributed by atoms with E-state index in [4.69, 9.17) is 66.2 Å². The third-order valence-electron chi connectivity index (χ3n) is 0. The molecule has 0 unspecified atom stereocenters. The summed E-state index contributed by atoms with van der Waals surface area (Å²) in [6.45, 7) is 0. The predicted molar refractivity (Wildman–Crippen MR) is 52.5 cm³/mol. The van der Waals surface area contributed by atoms with Crippen LogP contribution in [0.2, 0.25) is 0 Å². The van der Waals surface area contributed by atoms with Gasteiger partial charge in [-0.3, -0.25) is 0 Å². The minimum atomic E-state index is -1.75. The second kappa shape index (κ2) is 36.2. The van der Waals surface area contributed by atoms with Crippen LogP contribution >= 0.6 is 0 Å². The van der Waals surface area contributed by atoms with Crippen molar-refractivity contribution >= 4 is 25.8 Å². The van der Waals surface area contributed by atoms with Crippen molar-refractivity contribution in [3.8, 4) is 0 Å². The zero-order valence-electron chi connectivity index (χ0n) is 8.25. The Hall–Kier alpha value is -2.73. The molecule has 18 nitrogen and oxygen atoms in total. The van der Waals surface area contributed by atoms with Crippen LogP contribution in [0.1, 0.15) is 0 Å². The van der Waals surface area contributed by atoms with Crippen molar-refractivity contribution in [2.24, 2.45) is 0 Å². The van der Waals surface area contributed by atoms with Crippen LogP contribution in [0, 0.1) is 66.2 Å². The molecule has 0 atom stereocenters. The van der Waals surface area contributed by atoms with Gasteiger partial charge in [0.15, 0.2) is 0 Å². The van der Waals surface area contributed by atoms with E-state index in [0.29, 0.717) is 0 Å². The van der Waals surface area contributed by atoms with Gasteiger partial charge < -0.3 is 61.3 Å². The molecule has 0 radical (unpaired) electrons. The number of rotatable bonds is 0. The fourth-order valence-electron chi connectivity index (χ4n) is 0. The number of nitroso groups, excluding NO2 is 1. The van der Waals surface area contributed by atoms with Gasteiger partial charge in [0.25, 0.3) is 0 Å². The van der Waals surface area contributed by atoms with Gasteiger partial charge in [0.2, 0.25) is 0 Å². The van der Waals surface area contributed by atoms with Crippen LogP contribution in [0.15, 0.2) is 0 Å². The molecule has 0 aliphatic heterocycles. The quantitative estimate of drug-likeness (QED) is 0.320. The van der Waals surface area contributed by atoms with Crippen molar-refractivity contribution < 1.29 is 25.9 Å². The van der Waals surface area contributed by atoms with E-state index in [1.807, 2.05) is 0 Å². The third kappa shape index (κ3) is 361. The molecule has 0 aromatic carbocycles. The summed E-state index contributed by atoms with van der Waals surface area (Å²) < 4.78 is 0. The molecule has 0 spiro atoms. The minimum absolute atomic E-state index is 0. The largest absolute Gasteiger partial charge is 3.00 e. The van der Waals surface area contributed by atoms with Gasteiger partial charge in [0.1, 0.15) is 0 Å². The minimum Gasteiger partial charge on any atom is -0.356 e. The van der Waals surface area contributed by atoms with Crippen molar-refractivity contribution in [1.29, 1.82) is 0 Å². The number of nitrogens with two attached hydrogens (primary N) is 1. The van der Waals surface area contributed by atoms with Crippen LogP contribution in [-0.2, 0) is 0 Å². The molecular weight excluding hydrogens is 393 g/mol. The summed E-state index contributed by atoms with van der Waals surface area (Å²) in [6.07, 6.45) is 0. The molecule has 0 amide bonds. The second-order valence-corrected chi connectivity index (χ2v) is 0.894.